The lowest BCUT2D eigenvalue weighted by molar-refractivity contribution is 0.477. The summed E-state index contributed by atoms with van der Waals surface area (Å²) >= 11 is 3.17. The third-order valence-corrected chi connectivity index (χ3v) is 2.05. The summed E-state index contributed by atoms with van der Waals surface area (Å²) in [6.07, 6.45) is 0. The molecule has 0 radical (unpaired) electrons. The van der Waals surface area contributed by atoms with Gasteiger partial charge in [-0.3, -0.25) is 0 Å². The maximum absolute atomic E-state index is 9.38. The minimum absolute atomic E-state index is 0.122. The summed E-state index contributed by atoms with van der Waals surface area (Å²) in [5.74, 6) is 0.122. The zero-order valence-corrected chi connectivity index (χ0v) is 6.96. The Bertz CT molecular complexity index is 398. The summed E-state index contributed by atoms with van der Waals surface area (Å²) in [4.78, 5) is 0. The fraction of sp³-hybridized carbons (Fsp3) is 0. The van der Waals surface area contributed by atoms with Gasteiger partial charge in [0.25, 0.3) is 0 Å². The van der Waals surface area contributed by atoms with Gasteiger partial charge in [0.1, 0.15) is 5.52 Å². The number of nitrogens with one attached hydrogen (secondary N) is 1. The molecule has 5 heteroatoms. The average molecular weight is 214 g/mol. The zero-order chi connectivity index (χ0) is 7.84. The highest BCUT2D eigenvalue weighted by Gasteiger charge is 2.06. The van der Waals surface area contributed by atoms with E-state index in [1.165, 1.54) is 0 Å². The molecule has 4 nitrogen and oxygen atoms in total. The zero-order valence-electron chi connectivity index (χ0n) is 5.37. The number of aromatic hydroxyl groups is 1. The van der Waals surface area contributed by atoms with Gasteiger partial charge in [0.2, 0.25) is 0 Å². The van der Waals surface area contributed by atoms with Crippen LogP contribution in [0.2, 0.25) is 0 Å². The van der Waals surface area contributed by atoms with E-state index in [4.69, 9.17) is 0 Å². The van der Waals surface area contributed by atoms with E-state index in [2.05, 4.69) is 31.3 Å². The van der Waals surface area contributed by atoms with Crippen molar-refractivity contribution < 1.29 is 5.11 Å². The van der Waals surface area contributed by atoms with E-state index in [0.717, 1.165) is 0 Å². The Kier molecular flexibility index (Phi) is 1.32. The molecule has 56 valence electrons. The predicted molar refractivity (Wildman–Crippen MR) is 43.3 cm³/mol. The van der Waals surface area contributed by atoms with Gasteiger partial charge in [-0.15, -0.1) is 0 Å². The van der Waals surface area contributed by atoms with E-state index in [9.17, 15) is 5.11 Å². The molecular weight excluding hydrogens is 210 g/mol. The van der Waals surface area contributed by atoms with Crippen molar-refractivity contribution >= 4 is 27.0 Å². The summed E-state index contributed by atoms with van der Waals surface area (Å²) in [6, 6.07) is 3.49. The second-order valence-corrected chi connectivity index (χ2v) is 2.94. The van der Waals surface area contributed by atoms with Crippen LogP contribution in [0.3, 0.4) is 0 Å². The third kappa shape index (κ3) is 0.883. The average Bonchev–Trinajstić information content (AvgIpc) is 2.45. The van der Waals surface area contributed by atoms with Crippen molar-refractivity contribution in [3.05, 3.63) is 16.6 Å². The molecule has 1 aromatic carbocycles. The van der Waals surface area contributed by atoms with Crippen molar-refractivity contribution in [2.45, 2.75) is 0 Å². The van der Waals surface area contributed by atoms with Crippen LogP contribution in [0.25, 0.3) is 11.0 Å². The second-order valence-electron chi connectivity index (χ2n) is 2.09. The molecule has 0 bridgehead atoms. The lowest BCUT2D eigenvalue weighted by Gasteiger charge is -1.93. The van der Waals surface area contributed by atoms with Gasteiger partial charge in [-0.05, 0) is 28.1 Å². The van der Waals surface area contributed by atoms with Crippen LogP contribution in [0.15, 0.2) is 16.6 Å². The Morgan fingerprint density at radius 2 is 2.18 bits per heavy atom. The van der Waals surface area contributed by atoms with Gasteiger partial charge in [0, 0.05) is 0 Å². The van der Waals surface area contributed by atoms with E-state index in [-0.39, 0.29) is 5.75 Å². The van der Waals surface area contributed by atoms with Crippen LogP contribution < -0.4 is 0 Å². The molecule has 0 aliphatic heterocycles. The lowest BCUT2D eigenvalue weighted by Crippen LogP contribution is -1.72. The maximum Gasteiger partial charge on any atom is 0.159 e. The van der Waals surface area contributed by atoms with Gasteiger partial charge in [0.15, 0.2) is 11.3 Å². The molecule has 2 N–H and O–H groups in total. The highest BCUT2D eigenvalue weighted by molar-refractivity contribution is 9.10. The molecule has 2 aromatic rings. The number of rotatable bonds is 0. The molecule has 0 amide bonds. The van der Waals surface area contributed by atoms with Gasteiger partial charge < -0.3 is 5.11 Å². The summed E-state index contributed by atoms with van der Waals surface area (Å²) in [7, 11) is 0. The van der Waals surface area contributed by atoms with Crippen molar-refractivity contribution in [1.82, 2.24) is 15.4 Å². The number of phenolic OH excluding ortho intramolecular Hbond substituents is 1. The molecule has 0 aliphatic carbocycles. The van der Waals surface area contributed by atoms with Crippen LogP contribution in [-0.2, 0) is 0 Å². The fourth-order valence-electron chi connectivity index (χ4n) is 0.874. The van der Waals surface area contributed by atoms with E-state index in [0.29, 0.717) is 15.5 Å². The smallest absolute Gasteiger partial charge is 0.159 e. The van der Waals surface area contributed by atoms with Gasteiger partial charge >= 0.3 is 0 Å². The summed E-state index contributed by atoms with van der Waals surface area (Å²) in [6.45, 7) is 0. The molecule has 11 heavy (non-hydrogen) atoms. The summed E-state index contributed by atoms with van der Waals surface area (Å²) in [5, 5.41) is 19.4. The van der Waals surface area contributed by atoms with Crippen LogP contribution in [0.1, 0.15) is 0 Å². The molecule has 0 atom stereocenters. The van der Waals surface area contributed by atoms with E-state index < -0.39 is 0 Å². The first kappa shape index (κ1) is 6.60. The molecule has 2 rings (SSSR count). The van der Waals surface area contributed by atoms with Crippen LogP contribution in [0.5, 0.6) is 5.75 Å². The summed E-state index contributed by atoms with van der Waals surface area (Å²) in [5.41, 5.74) is 1.14. The molecule has 0 fully saturated rings. The number of aromatic nitrogens is 3. The molecule has 0 saturated carbocycles. The molecule has 0 saturated heterocycles. The summed E-state index contributed by atoms with van der Waals surface area (Å²) < 4.78 is 0.624. The first-order chi connectivity index (χ1) is 5.29. The first-order valence-corrected chi connectivity index (χ1v) is 3.76. The second kappa shape index (κ2) is 2.20. The van der Waals surface area contributed by atoms with E-state index in [1.54, 1.807) is 12.1 Å². The number of phenols is 1. The lowest BCUT2D eigenvalue weighted by atomic mass is 10.3. The van der Waals surface area contributed by atoms with Crippen molar-refractivity contribution in [1.29, 1.82) is 0 Å². The van der Waals surface area contributed by atoms with E-state index in [1.807, 2.05) is 0 Å². The van der Waals surface area contributed by atoms with Crippen molar-refractivity contribution in [3.8, 4) is 5.75 Å². The Labute approximate surface area is 70.4 Å². The molecule has 0 spiro atoms. The molecule has 1 aromatic heterocycles. The van der Waals surface area contributed by atoms with Crippen LogP contribution in [0.4, 0.5) is 0 Å². The largest absolute Gasteiger partial charge is 0.504 e. The monoisotopic (exact) mass is 213 g/mol. The first-order valence-electron chi connectivity index (χ1n) is 2.97. The number of fused-ring (bicyclic) bond motifs is 1. The topological polar surface area (TPSA) is 61.8 Å². The van der Waals surface area contributed by atoms with Gasteiger partial charge in [-0.1, -0.05) is 0 Å². The van der Waals surface area contributed by atoms with Gasteiger partial charge in [0.05, 0.1) is 4.47 Å². The predicted octanol–water partition coefficient (Wildman–Crippen LogP) is 1.43. The van der Waals surface area contributed by atoms with Crippen LogP contribution in [0, 0.1) is 0 Å². The normalized spacial score (nSPS) is 10.6. The molecule has 0 unspecified atom stereocenters. The van der Waals surface area contributed by atoms with Crippen molar-refractivity contribution in [3.63, 3.8) is 0 Å². The minimum Gasteiger partial charge on any atom is -0.504 e. The van der Waals surface area contributed by atoms with Crippen LogP contribution in [-0.4, -0.2) is 20.5 Å². The number of halogens is 1. The molecule has 0 aliphatic rings. The maximum atomic E-state index is 9.38. The number of hydrogen-bond donors (Lipinski definition) is 2. The molecule has 1 heterocycles. The van der Waals surface area contributed by atoms with Crippen LogP contribution >= 0.6 is 15.9 Å². The Hall–Kier alpha value is -1.10. The van der Waals surface area contributed by atoms with E-state index >= 15 is 0 Å². The fourth-order valence-corrected chi connectivity index (χ4v) is 1.19. The Morgan fingerprint density at radius 3 is 3.00 bits per heavy atom. The van der Waals surface area contributed by atoms with Crippen molar-refractivity contribution in [2.75, 3.05) is 0 Å². The number of hydrogen-bond acceptors (Lipinski definition) is 3. The Balaban J connectivity index is 2.93. The van der Waals surface area contributed by atoms with Gasteiger partial charge in [-0.2, -0.15) is 15.4 Å². The highest BCUT2D eigenvalue weighted by atomic mass is 79.9. The standard InChI is InChI=1S/C6H4BrN3O/c7-3-1-2-4-5(6(3)11)9-10-8-4/h1-2,11H,(H,8,9,10). The quantitative estimate of drug-likeness (QED) is 0.697. The molecular formula is C6H4BrN3O. The van der Waals surface area contributed by atoms with Crippen molar-refractivity contribution in [2.24, 2.45) is 0 Å². The van der Waals surface area contributed by atoms with Gasteiger partial charge in [-0.25, -0.2) is 0 Å². The number of aromatic amines is 1. The Morgan fingerprint density at radius 1 is 1.36 bits per heavy atom. The minimum atomic E-state index is 0.122. The third-order valence-electron chi connectivity index (χ3n) is 1.41. The number of benzene rings is 1. The SMILES string of the molecule is Oc1c(Br)ccc2n[nH]nc12. The number of H-pyrrole nitrogens is 1. The highest BCUT2D eigenvalue weighted by Crippen LogP contribution is 2.29. The number of nitrogens with zero attached hydrogens (tertiary/aromatic N) is 2.